The number of rotatable bonds is 6. The molecule has 5 nitrogen and oxygen atoms in total. The molecule has 2 amide bonds. The molecule has 1 aliphatic carbocycles. The molecule has 0 radical (unpaired) electrons. The van der Waals surface area contributed by atoms with Crippen LogP contribution < -0.4 is 10.6 Å². The van der Waals surface area contributed by atoms with Crippen molar-refractivity contribution >= 4 is 17.7 Å². The second kappa shape index (κ2) is 6.61. The lowest BCUT2D eigenvalue weighted by Gasteiger charge is -2.11. The van der Waals surface area contributed by atoms with Crippen molar-refractivity contribution in [2.45, 2.75) is 32.6 Å². The molecule has 5 heteroatoms. The number of nitrogens with one attached hydrogen (secondary N) is 2. The molecule has 3 N–H and O–H groups in total. The van der Waals surface area contributed by atoms with E-state index in [2.05, 4.69) is 17.6 Å². The SMILES string of the molecule is CC(CC(=O)O)c1ccc(NC(=O)NCC2CC2C)cc1. The third-order valence-corrected chi connectivity index (χ3v) is 4.02. The van der Waals surface area contributed by atoms with Gasteiger partial charge in [0.2, 0.25) is 0 Å². The first kappa shape index (κ1) is 15.4. The zero-order chi connectivity index (χ0) is 15.4. The highest BCUT2D eigenvalue weighted by Crippen LogP contribution is 2.36. The summed E-state index contributed by atoms with van der Waals surface area (Å²) in [6.45, 7) is 4.78. The van der Waals surface area contributed by atoms with Crippen molar-refractivity contribution in [3.63, 3.8) is 0 Å². The van der Waals surface area contributed by atoms with Gasteiger partial charge < -0.3 is 15.7 Å². The predicted octanol–water partition coefficient (Wildman–Crippen LogP) is 3.04. The highest BCUT2D eigenvalue weighted by molar-refractivity contribution is 5.89. The van der Waals surface area contributed by atoms with E-state index < -0.39 is 5.97 Å². The van der Waals surface area contributed by atoms with Gasteiger partial charge in [-0.3, -0.25) is 4.79 Å². The average molecular weight is 290 g/mol. The summed E-state index contributed by atoms with van der Waals surface area (Å²) in [5, 5.41) is 14.4. The molecule has 0 aliphatic heterocycles. The summed E-state index contributed by atoms with van der Waals surface area (Å²) in [5.41, 5.74) is 1.66. The second-order valence-electron chi connectivity index (χ2n) is 5.93. The van der Waals surface area contributed by atoms with E-state index in [0.717, 1.165) is 18.0 Å². The Balaban J connectivity index is 1.81. The molecule has 2 rings (SSSR count). The number of benzene rings is 1. The molecule has 1 aromatic rings. The van der Waals surface area contributed by atoms with Crippen LogP contribution in [0.2, 0.25) is 0 Å². The van der Waals surface area contributed by atoms with Gasteiger partial charge in [0.15, 0.2) is 0 Å². The number of urea groups is 1. The summed E-state index contributed by atoms with van der Waals surface area (Å²) in [7, 11) is 0. The van der Waals surface area contributed by atoms with Gasteiger partial charge in [0.25, 0.3) is 0 Å². The molecule has 0 bridgehead atoms. The van der Waals surface area contributed by atoms with Crippen molar-refractivity contribution in [3.05, 3.63) is 29.8 Å². The van der Waals surface area contributed by atoms with Crippen LogP contribution in [0.1, 0.15) is 38.2 Å². The summed E-state index contributed by atoms with van der Waals surface area (Å²) in [4.78, 5) is 22.4. The van der Waals surface area contributed by atoms with E-state index in [1.165, 1.54) is 6.42 Å². The summed E-state index contributed by atoms with van der Waals surface area (Å²) in [6.07, 6.45) is 1.29. The van der Waals surface area contributed by atoms with Gasteiger partial charge in [-0.2, -0.15) is 0 Å². The lowest BCUT2D eigenvalue weighted by Crippen LogP contribution is -2.30. The van der Waals surface area contributed by atoms with Crippen LogP contribution in [0.4, 0.5) is 10.5 Å². The van der Waals surface area contributed by atoms with Crippen LogP contribution in [0.25, 0.3) is 0 Å². The number of carboxylic acids is 1. The van der Waals surface area contributed by atoms with Crippen LogP contribution in [0, 0.1) is 11.8 Å². The van der Waals surface area contributed by atoms with E-state index in [-0.39, 0.29) is 18.4 Å². The lowest BCUT2D eigenvalue weighted by molar-refractivity contribution is -0.137. The maximum absolute atomic E-state index is 11.7. The van der Waals surface area contributed by atoms with Crippen LogP contribution in [0.5, 0.6) is 0 Å². The number of amides is 2. The van der Waals surface area contributed by atoms with Crippen LogP contribution in [-0.2, 0) is 4.79 Å². The standard InChI is InChI=1S/C16H22N2O3/c1-10-7-13(10)9-17-16(21)18-14-5-3-12(4-6-14)11(2)8-15(19)20/h3-6,10-11,13H,7-9H2,1-2H3,(H,19,20)(H2,17,18,21). The predicted molar refractivity (Wildman–Crippen MR) is 81.4 cm³/mol. The first-order valence-electron chi connectivity index (χ1n) is 7.32. The molecule has 114 valence electrons. The molecule has 0 heterocycles. The van der Waals surface area contributed by atoms with Crippen LogP contribution in [0.15, 0.2) is 24.3 Å². The largest absolute Gasteiger partial charge is 0.481 e. The van der Waals surface area contributed by atoms with E-state index in [1.54, 1.807) is 12.1 Å². The van der Waals surface area contributed by atoms with Gasteiger partial charge in [0, 0.05) is 12.2 Å². The molecule has 1 aromatic carbocycles. The van der Waals surface area contributed by atoms with Crippen molar-refractivity contribution in [1.82, 2.24) is 5.32 Å². The molecular weight excluding hydrogens is 268 g/mol. The fourth-order valence-electron chi connectivity index (χ4n) is 2.36. The number of anilines is 1. The smallest absolute Gasteiger partial charge is 0.319 e. The van der Waals surface area contributed by atoms with E-state index in [0.29, 0.717) is 11.6 Å². The number of carbonyl (C=O) groups excluding carboxylic acids is 1. The molecular formula is C16H22N2O3. The molecule has 1 fully saturated rings. The molecule has 1 saturated carbocycles. The first-order chi connectivity index (χ1) is 9.95. The number of carboxylic acid groups (broad SMARTS) is 1. The second-order valence-corrected chi connectivity index (χ2v) is 5.93. The minimum Gasteiger partial charge on any atom is -0.481 e. The summed E-state index contributed by atoms with van der Waals surface area (Å²) in [5.74, 6) is 0.496. The summed E-state index contributed by atoms with van der Waals surface area (Å²) >= 11 is 0. The van der Waals surface area contributed by atoms with E-state index in [9.17, 15) is 9.59 Å². The Morgan fingerprint density at radius 3 is 2.48 bits per heavy atom. The van der Waals surface area contributed by atoms with Gasteiger partial charge in [-0.1, -0.05) is 26.0 Å². The van der Waals surface area contributed by atoms with Crippen molar-refractivity contribution in [1.29, 1.82) is 0 Å². The molecule has 21 heavy (non-hydrogen) atoms. The first-order valence-corrected chi connectivity index (χ1v) is 7.32. The van der Waals surface area contributed by atoms with Gasteiger partial charge >= 0.3 is 12.0 Å². The average Bonchev–Trinajstić information content (AvgIpc) is 3.12. The molecule has 0 aromatic heterocycles. The van der Waals surface area contributed by atoms with Crippen molar-refractivity contribution in [2.75, 3.05) is 11.9 Å². The van der Waals surface area contributed by atoms with Gasteiger partial charge in [-0.05, 0) is 41.9 Å². The fraction of sp³-hybridized carbons (Fsp3) is 0.500. The van der Waals surface area contributed by atoms with E-state index >= 15 is 0 Å². The van der Waals surface area contributed by atoms with Gasteiger partial charge in [-0.25, -0.2) is 4.79 Å². The van der Waals surface area contributed by atoms with Gasteiger partial charge in [0.05, 0.1) is 6.42 Å². The van der Waals surface area contributed by atoms with Crippen LogP contribution in [-0.4, -0.2) is 23.7 Å². The summed E-state index contributed by atoms with van der Waals surface area (Å²) < 4.78 is 0. The van der Waals surface area contributed by atoms with Crippen LogP contribution >= 0.6 is 0 Å². The number of hydrogen-bond donors (Lipinski definition) is 3. The minimum absolute atomic E-state index is 0.0401. The summed E-state index contributed by atoms with van der Waals surface area (Å²) in [6, 6.07) is 7.11. The Morgan fingerprint density at radius 1 is 1.33 bits per heavy atom. The van der Waals surface area contributed by atoms with Crippen molar-refractivity contribution < 1.29 is 14.7 Å². The Hall–Kier alpha value is -2.04. The number of hydrogen-bond acceptors (Lipinski definition) is 2. The Morgan fingerprint density at radius 2 is 1.95 bits per heavy atom. The molecule has 0 spiro atoms. The maximum Gasteiger partial charge on any atom is 0.319 e. The number of carbonyl (C=O) groups is 2. The fourth-order valence-corrected chi connectivity index (χ4v) is 2.36. The number of aliphatic carboxylic acids is 1. The van der Waals surface area contributed by atoms with Crippen molar-refractivity contribution in [3.8, 4) is 0 Å². The molecule has 3 atom stereocenters. The van der Waals surface area contributed by atoms with Crippen molar-refractivity contribution in [2.24, 2.45) is 11.8 Å². The monoisotopic (exact) mass is 290 g/mol. The normalized spacial score (nSPS) is 21.4. The third-order valence-electron chi connectivity index (χ3n) is 4.02. The van der Waals surface area contributed by atoms with E-state index in [1.807, 2.05) is 19.1 Å². The Bertz CT molecular complexity index is 513. The zero-order valence-corrected chi connectivity index (χ0v) is 12.4. The highest BCUT2D eigenvalue weighted by Gasteiger charge is 2.32. The Labute approximate surface area is 124 Å². The lowest BCUT2D eigenvalue weighted by atomic mass is 9.98. The maximum atomic E-state index is 11.7. The van der Waals surface area contributed by atoms with Gasteiger partial charge in [-0.15, -0.1) is 0 Å². The molecule has 1 aliphatic rings. The van der Waals surface area contributed by atoms with Crippen LogP contribution in [0.3, 0.4) is 0 Å². The quantitative estimate of drug-likeness (QED) is 0.753. The molecule has 0 saturated heterocycles. The highest BCUT2D eigenvalue weighted by atomic mass is 16.4. The third kappa shape index (κ3) is 4.77. The zero-order valence-electron chi connectivity index (χ0n) is 12.4. The molecule has 3 unspecified atom stereocenters. The topological polar surface area (TPSA) is 78.4 Å². The van der Waals surface area contributed by atoms with E-state index in [4.69, 9.17) is 5.11 Å². The Kier molecular flexibility index (Phi) is 4.83. The van der Waals surface area contributed by atoms with Gasteiger partial charge in [0.1, 0.15) is 0 Å². The minimum atomic E-state index is -0.807.